The highest BCUT2D eigenvalue weighted by Crippen LogP contribution is 2.34. The van der Waals surface area contributed by atoms with Crippen LogP contribution >= 0.6 is 0 Å². The summed E-state index contributed by atoms with van der Waals surface area (Å²) in [5.74, 6) is -0.196. The minimum Gasteiger partial charge on any atom is -0.225 e. The van der Waals surface area contributed by atoms with Gasteiger partial charge in [0.25, 0.3) is 0 Å². The summed E-state index contributed by atoms with van der Waals surface area (Å²) in [4.78, 5) is 0.0715. The van der Waals surface area contributed by atoms with Gasteiger partial charge in [-0.3, -0.25) is 0 Å². The molecule has 0 unspecified atom stereocenters. The average molecular weight is 355 g/mol. The van der Waals surface area contributed by atoms with Crippen LogP contribution < -0.4 is 5.14 Å². The molecule has 0 atom stereocenters. The van der Waals surface area contributed by atoms with Crippen molar-refractivity contribution in [3.05, 3.63) is 77.6 Å². The highest BCUT2D eigenvalue weighted by atomic mass is 32.2. The van der Waals surface area contributed by atoms with Crippen LogP contribution in [-0.2, 0) is 10.0 Å². The Hall–Kier alpha value is -2.50. The first kappa shape index (κ1) is 17.3. The third-order valence-electron chi connectivity index (χ3n) is 4.17. The van der Waals surface area contributed by atoms with Crippen molar-refractivity contribution in [1.29, 1.82) is 0 Å². The zero-order valence-electron chi connectivity index (χ0n) is 14.0. The van der Waals surface area contributed by atoms with Gasteiger partial charge in [0, 0.05) is 0 Å². The third-order valence-corrected chi connectivity index (χ3v) is 5.10. The van der Waals surface area contributed by atoms with Crippen LogP contribution in [0, 0.1) is 19.7 Å². The van der Waals surface area contributed by atoms with Crippen LogP contribution in [0.15, 0.2) is 65.6 Å². The number of primary sulfonamides is 1. The zero-order chi connectivity index (χ0) is 18.2. The van der Waals surface area contributed by atoms with Gasteiger partial charge in [-0.1, -0.05) is 36.4 Å². The zero-order valence-corrected chi connectivity index (χ0v) is 14.8. The Morgan fingerprint density at radius 2 is 1.28 bits per heavy atom. The van der Waals surface area contributed by atoms with Crippen LogP contribution in [0.3, 0.4) is 0 Å². The van der Waals surface area contributed by atoms with Crippen LogP contribution in [0.2, 0.25) is 0 Å². The number of rotatable bonds is 3. The van der Waals surface area contributed by atoms with Crippen molar-refractivity contribution < 1.29 is 12.8 Å². The van der Waals surface area contributed by atoms with Gasteiger partial charge in [0.15, 0.2) is 0 Å². The maximum Gasteiger partial charge on any atom is 0.238 e. The largest absolute Gasteiger partial charge is 0.238 e. The first-order valence-corrected chi connectivity index (χ1v) is 9.31. The molecule has 5 heteroatoms. The van der Waals surface area contributed by atoms with Gasteiger partial charge < -0.3 is 0 Å². The number of halogens is 1. The second-order valence-electron chi connectivity index (χ2n) is 6.04. The second kappa shape index (κ2) is 6.43. The Morgan fingerprint density at radius 3 is 1.76 bits per heavy atom. The first-order valence-electron chi connectivity index (χ1n) is 7.77. The van der Waals surface area contributed by atoms with Gasteiger partial charge in [0.1, 0.15) is 5.82 Å². The first-order chi connectivity index (χ1) is 11.8. The Kier molecular flexibility index (Phi) is 4.45. The lowest BCUT2D eigenvalue weighted by atomic mass is 9.93. The molecule has 3 rings (SSSR count). The predicted octanol–water partition coefficient (Wildman–Crippen LogP) is 4.42. The van der Waals surface area contributed by atoms with E-state index in [1.165, 1.54) is 12.1 Å². The van der Waals surface area contributed by atoms with Crippen LogP contribution in [0.4, 0.5) is 4.39 Å². The number of nitrogens with two attached hydrogens (primary N) is 1. The van der Waals surface area contributed by atoms with Crippen molar-refractivity contribution in [2.75, 3.05) is 0 Å². The van der Waals surface area contributed by atoms with E-state index in [1.54, 1.807) is 26.0 Å². The van der Waals surface area contributed by atoms with Crippen molar-refractivity contribution in [3.63, 3.8) is 0 Å². The predicted molar refractivity (Wildman–Crippen MR) is 98.1 cm³/mol. The molecule has 0 amide bonds. The smallest absolute Gasteiger partial charge is 0.225 e. The summed E-state index contributed by atoms with van der Waals surface area (Å²) in [7, 11) is -3.72. The highest BCUT2D eigenvalue weighted by molar-refractivity contribution is 7.89. The quantitative estimate of drug-likeness (QED) is 0.756. The molecule has 0 aliphatic carbocycles. The standard InChI is InChI=1S/C20H18FNO2S/c1-13-11-16(12-14(2)20(13)21)19-6-4-3-5-18(19)15-7-9-17(10-8-15)25(22,23)24/h3-12H,1-2H3,(H2,22,23,24). The number of hydrogen-bond acceptors (Lipinski definition) is 2. The van der Waals surface area contributed by atoms with E-state index in [2.05, 4.69) is 0 Å². The fraction of sp³-hybridized carbons (Fsp3) is 0.100. The average Bonchev–Trinajstić information content (AvgIpc) is 2.58. The summed E-state index contributed by atoms with van der Waals surface area (Å²) in [5.41, 5.74) is 4.86. The molecular formula is C20H18FNO2S. The van der Waals surface area contributed by atoms with Crippen LogP contribution in [0.5, 0.6) is 0 Å². The van der Waals surface area contributed by atoms with Crippen LogP contribution in [0.1, 0.15) is 11.1 Å². The second-order valence-corrected chi connectivity index (χ2v) is 7.60. The van der Waals surface area contributed by atoms with E-state index in [0.29, 0.717) is 11.1 Å². The molecule has 2 N–H and O–H groups in total. The lowest BCUT2D eigenvalue weighted by Crippen LogP contribution is -2.11. The summed E-state index contributed by atoms with van der Waals surface area (Å²) < 4.78 is 36.8. The van der Waals surface area contributed by atoms with Crippen LogP contribution in [0.25, 0.3) is 22.3 Å². The summed E-state index contributed by atoms with van der Waals surface area (Å²) in [6.07, 6.45) is 0. The monoisotopic (exact) mass is 355 g/mol. The fourth-order valence-electron chi connectivity index (χ4n) is 2.91. The van der Waals surface area contributed by atoms with Crippen molar-refractivity contribution >= 4 is 10.0 Å². The molecule has 0 aliphatic heterocycles. The van der Waals surface area contributed by atoms with Gasteiger partial charge in [0.05, 0.1) is 4.90 Å². The summed E-state index contributed by atoms with van der Waals surface area (Å²) in [6, 6.07) is 17.8. The van der Waals surface area contributed by atoms with E-state index in [-0.39, 0.29) is 10.7 Å². The minimum atomic E-state index is -3.72. The Bertz CT molecular complexity index is 1020. The van der Waals surface area contributed by atoms with E-state index in [9.17, 15) is 12.8 Å². The maximum atomic E-state index is 13.9. The SMILES string of the molecule is Cc1cc(-c2ccccc2-c2ccc(S(N)(=O)=O)cc2)cc(C)c1F. The lowest BCUT2D eigenvalue weighted by Gasteiger charge is -2.13. The van der Waals surface area contributed by atoms with Gasteiger partial charge in [-0.2, -0.15) is 0 Å². The minimum absolute atomic E-state index is 0.0715. The van der Waals surface area contributed by atoms with E-state index in [1.807, 2.05) is 36.4 Å². The van der Waals surface area contributed by atoms with Crippen molar-refractivity contribution in [3.8, 4) is 22.3 Å². The molecule has 25 heavy (non-hydrogen) atoms. The van der Waals surface area contributed by atoms with E-state index in [0.717, 1.165) is 22.3 Å². The molecule has 0 saturated carbocycles. The molecule has 0 heterocycles. The fourth-order valence-corrected chi connectivity index (χ4v) is 3.43. The molecule has 3 aromatic carbocycles. The van der Waals surface area contributed by atoms with Crippen LogP contribution in [-0.4, -0.2) is 8.42 Å². The number of aryl methyl sites for hydroxylation is 2. The highest BCUT2D eigenvalue weighted by Gasteiger charge is 2.12. The molecule has 0 fully saturated rings. The molecule has 128 valence electrons. The van der Waals surface area contributed by atoms with Gasteiger partial charge in [-0.05, 0) is 71.5 Å². The normalized spacial score (nSPS) is 11.5. The molecular weight excluding hydrogens is 337 g/mol. The molecule has 3 nitrogen and oxygen atoms in total. The molecule has 0 aliphatic rings. The molecule has 0 spiro atoms. The van der Waals surface area contributed by atoms with Crippen molar-refractivity contribution in [2.45, 2.75) is 18.7 Å². The molecule has 0 bridgehead atoms. The van der Waals surface area contributed by atoms with E-state index >= 15 is 0 Å². The Labute approximate surface area is 147 Å². The molecule has 0 saturated heterocycles. The van der Waals surface area contributed by atoms with Crippen molar-refractivity contribution in [2.24, 2.45) is 5.14 Å². The number of hydrogen-bond donors (Lipinski definition) is 1. The Morgan fingerprint density at radius 1 is 0.800 bits per heavy atom. The van der Waals surface area contributed by atoms with Gasteiger partial charge in [-0.15, -0.1) is 0 Å². The summed E-state index contributed by atoms with van der Waals surface area (Å²) in [6.45, 7) is 3.49. The van der Waals surface area contributed by atoms with Gasteiger partial charge in [0.2, 0.25) is 10.0 Å². The van der Waals surface area contributed by atoms with E-state index < -0.39 is 10.0 Å². The van der Waals surface area contributed by atoms with E-state index in [4.69, 9.17) is 5.14 Å². The summed E-state index contributed by atoms with van der Waals surface area (Å²) >= 11 is 0. The van der Waals surface area contributed by atoms with Gasteiger partial charge >= 0.3 is 0 Å². The van der Waals surface area contributed by atoms with Gasteiger partial charge in [-0.25, -0.2) is 17.9 Å². The Balaban J connectivity index is 2.14. The number of benzene rings is 3. The lowest BCUT2D eigenvalue weighted by molar-refractivity contribution is 0.598. The maximum absolute atomic E-state index is 13.9. The third kappa shape index (κ3) is 3.48. The van der Waals surface area contributed by atoms with Crippen molar-refractivity contribution in [1.82, 2.24) is 0 Å². The number of sulfonamides is 1. The summed E-state index contributed by atoms with van der Waals surface area (Å²) in [5, 5.41) is 5.15. The topological polar surface area (TPSA) is 60.2 Å². The molecule has 0 radical (unpaired) electrons. The molecule has 0 aromatic heterocycles. The molecule has 3 aromatic rings.